The van der Waals surface area contributed by atoms with Crippen LogP contribution in [0.2, 0.25) is 5.02 Å². The molecule has 0 saturated carbocycles. The van der Waals surface area contributed by atoms with Crippen LogP contribution in [0.4, 0.5) is 0 Å². The lowest BCUT2D eigenvalue weighted by molar-refractivity contribution is -0.126. The summed E-state index contributed by atoms with van der Waals surface area (Å²) in [7, 11) is -3.59. The van der Waals surface area contributed by atoms with Gasteiger partial charge in [0.2, 0.25) is 15.9 Å². The second-order valence-electron chi connectivity index (χ2n) is 6.02. The summed E-state index contributed by atoms with van der Waals surface area (Å²) in [4.78, 5) is 14.1. The van der Waals surface area contributed by atoms with Gasteiger partial charge in [0, 0.05) is 30.2 Å². The van der Waals surface area contributed by atoms with Crippen LogP contribution in [0.25, 0.3) is 6.08 Å². The number of sulfonamides is 1. The summed E-state index contributed by atoms with van der Waals surface area (Å²) >= 11 is 5.79. The smallest absolute Gasteiger partial charge is 0.246 e. The maximum absolute atomic E-state index is 12.4. The minimum atomic E-state index is -3.59. The first kappa shape index (κ1) is 18.7. The summed E-state index contributed by atoms with van der Waals surface area (Å²) < 4.78 is 32.7. The van der Waals surface area contributed by atoms with Crippen LogP contribution >= 0.6 is 11.6 Å². The molecule has 1 aliphatic rings. The summed E-state index contributed by atoms with van der Waals surface area (Å²) in [6.45, 7) is 0.990. The number of rotatable bonds is 5. The van der Waals surface area contributed by atoms with E-state index in [1.807, 2.05) is 0 Å². The van der Waals surface area contributed by atoms with Crippen LogP contribution < -0.4 is 4.72 Å². The molecule has 2 heterocycles. The molecule has 1 aromatic carbocycles. The molecule has 3 rings (SSSR count). The van der Waals surface area contributed by atoms with E-state index in [0.29, 0.717) is 36.7 Å². The van der Waals surface area contributed by atoms with E-state index in [4.69, 9.17) is 16.0 Å². The molecule has 1 saturated heterocycles. The van der Waals surface area contributed by atoms with Crippen LogP contribution in [0.1, 0.15) is 18.6 Å². The van der Waals surface area contributed by atoms with Gasteiger partial charge in [0.25, 0.3) is 0 Å². The number of nitrogens with zero attached hydrogens (tertiary/aromatic N) is 1. The quantitative estimate of drug-likeness (QED) is 0.791. The Kier molecular flexibility index (Phi) is 5.80. The van der Waals surface area contributed by atoms with E-state index in [9.17, 15) is 13.2 Å². The lowest BCUT2D eigenvalue weighted by atomic mass is 10.1. The second kappa shape index (κ2) is 8.07. The van der Waals surface area contributed by atoms with E-state index >= 15 is 0 Å². The molecule has 1 fully saturated rings. The Hall–Kier alpha value is -2.09. The van der Waals surface area contributed by atoms with E-state index in [-0.39, 0.29) is 16.8 Å². The highest BCUT2D eigenvalue weighted by molar-refractivity contribution is 7.89. The van der Waals surface area contributed by atoms with Gasteiger partial charge in [-0.2, -0.15) is 0 Å². The fourth-order valence-corrected chi connectivity index (χ4v) is 4.19. The third-order valence-corrected chi connectivity index (χ3v) is 5.97. The van der Waals surface area contributed by atoms with Gasteiger partial charge in [-0.05, 0) is 55.3 Å². The fourth-order valence-electron chi connectivity index (χ4n) is 2.76. The Morgan fingerprint density at radius 2 is 1.88 bits per heavy atom. The number of piperidine rings is 1. The maximum Gasteiger partial charge on any atom is 0.246 e. The molecule has 0 unspecified atom stereocenters. The number of carbonyl (C=O) groups excluding carboxylic acids is 1. The normalized spacial score (nSPS) is 16.3. The number of hydrogen-bond acceptors (Lipinski definition) is 4. The van der Waals surface area contributed by atoms with Crippen LogP contribution in [0.15, 0.2) is 58.1 Å². The molecule has 2 aromatic rings. The minimum Gasteiger partial charge on any atom is -0.465 e. The van der Waals surface area contributed by atoms with E-state index < -0.39 is 10.0 Å². The number of halogens is 1. The lowest BCUT2D eigenvalue weighted by Crippen LogP contribution is -2.46. The number of benzene rings is 1. The van der Waals surface area contributed by atoms with Gasteiger partial charge < -0.3 is 9.32 Å². The Morgan fingerprint density at radius 1 is 1.19 bits per heavy atom. The minimum absolute atomic E-state index is 0.111. The zero-order chi connectivity index (χ0) is 18.6. The van der Waals surface area contributed by atoms with Crippen LogP contribution in [-0.2, 0) is 14.8 Å². The Balaban J connectivity index is 1.53. The van der Waals surface area contributed by atoms with Crippen molar-refractivity contribution in [3.63, 3.8) is 0 Å². The van der Waals surface area contributed by atoms with E-state index in [0.717, 1.165) is 0 Å². The largest absolute Gasteiger partial charge is 0.465 e. The van der Waals surface area contributed by atoms with Crippen molar-refractivity contribution in [2.45, 2.75) is 23.8 Å². The maximum atomic E-state index is 12.4. The lowest BCUT2D eigenvalue weighted by Gasteiger charge is -2.31. The fraction of sp³-hybridized carbons (Fsp3) is 0.278. The SMILES string of the molecule is O=C(/C=C/c1ccco1)N1CCC(NS(=O)(=O)c2ccc(Cl)cc2)CC1. The van der Waals surface area contributed by atoms with Crippen molar-refractivity contribution in [1.29, 1.82) is 0 Å². The number of carbonyl (C=O) groups is 1. The van der Waals surface area contributed by atoms with Gasteiger partial charge in [-0.15, -0.1) is 0 Å². The molecule has 6 nitrogen and oxygen atoms in total. The highest BCUT2D eigenvalue weighted by Crippen LogP contribution is 2.17. The zero-order valence-corrected chi connectivity index (χ0v) is 15.5. The first-order chi connectivity index (χ1) is 12.4. The van der Waals surface area contributed by atoms with Crippen molar-refractivity contribution in [3.05, 3.63) is 59.5 Å². The van der Waals surface area contributed by atoms with Gasteiger partial charge in [0.1, 0.15) is 5.76 Å². The Bertz CT molecular complexity index is 868. The highest BCUT2D eigenvalue weighted by atomic mass is 35.5. The summed E-state index contributed by atoms with van der Waals surface area (Å²) in [6, 6.07) is 9.36. The summed E-state index contributed by atoms with van der Waals surface area (Å²) in [5.74, 6) is 0.504. The van der Waals surface area contributed by atoms with Gasteiger partial charge in [-0.25, -0.2) is 13.1 Å². The topological polar surface area (TPSA) is 79.6 Å². The predicted octanol–water partition coefficient (Wildman–Crippen LogP) is 2.92. The molecule has 0 atom stereocenters. The molecule has 0 bridgehead atoms. The van der Waals surface area contributed by atoms with Crippen molar-refractivity contribution in [2.24, 2.45) is 0 Å². The molecule has 0 aliphatic carbocycles. The van der Waals surface area contributed by atoms with Crippen molar-refractivity contribution < 1.29 is 17.6 Å². The van der Waals surface area contributed by atoms with E-state index in [1.54, 1.807) is 41.5 Å². The molecule has 1 amide bonds. The number of nitrogens with one attached hydrogen (secondary N) is 1. The molecular weight excluding hydrogens is 376 g/mol. The summed E-state index contributed by atoms with van der Waals surface area (Å²) in [6.07, 6.45) is 5.76. The second-order valence-corrected chi connectivity index (χ2v) is 8.17. The van der Waals surface area contributed by atoms with Gasteiger partial charge in [0.05, 0.1) is 11.2 Å². The average molecular weight is 395 g/mol. The Labute approximate surface area is 157 Å². The standard InChI is InChI=1S/C18H19ClN2O4S/c19-14-3-6-17(7-4-14)26(23,24)20-15-9-11-21(12-10-15)18(22)8-5-16-2-1-13-25-16/h1-8,13,15,20H,9-12H2/b8-5+. The monoisotopic (exact) mass is 394 g/mol. The van der Waals surface area contributed by atoms with Crippen LogP contribution in [0.5, 0.6) is 0 Å². The first-order valence-electron chi connectivity index (χ1n) is 8.22. The van der Waals surface area contributed by atoms with Crippen LogP contribution in [-0.4, -0.2) is 38.4 Å². The van der Waals surface area contributed by atoms with Crippen molar-refractivity contribution in [1.82, 2.24) is 9.62 Å². The first-order valence-corrected chi connectivity index (χ1v) is 10.1. The Morgan fingerprint density at radius 3 is 2.50 bits per heavy atom. The predicted molar refractivity (Wildman–Crippen MR) is 99.1 cm³/mol. The van der Waals surface area contributed by atoms with Gasteiger partial charge in [-0.3, -0.25) is 4.79 Å². The average Bonchev–Trinajstić information content (AvgIpc) is 3.14. The molecule has 1 aliphatic heterocycles. The van der Waals surface area contributed by atoms with Gasteiger partial charge in [-0.1, -0.05) is 11.6 Å². The molecular formula is C18H19ClN2O4S. The summed E-state index contributed by atoms with van der Waals surface area (Å²) in [5, 5.41) is 0.485. The van der Waals surface area contributed by atoms with Gasteiger partial charge in [0.15, 0.2) is 0 Å². The van der Waals surface area contributed by atoms with Crippen molar-refractivity contribution in [2.75, 3.05) is 13.1 Å². The van der Waals surface area contributed by atoms with E-state index in [1.165, 1.54) is 18.2 Å². The molecule has 1 N–H and O–H groups in total. The van der Waals surface area contributed by atoms with Crippen molar-refractivity contribution >= 4 is 33.6 Å². The molecule has 138 valence electrons. The number of likely N-dealkylation sites (tertiary alicyclic amines) is 1. The van der Waals surface area contributed by atoms with E-state index in [2.05, 4.69) is 4.72 Å². The number of furan rings is 1. The molecule has 0 spiro atoms. The number of amides is 1. The third kappa shape index (κ3) is 4.75. The zero-order valence-electron chi connectivity index (χ0n) is 14.0. The van der Waals surface area contributed by atoms with Crippen LogP contribution in [0, 0.1) is 0 Å². The van der Waals surface area contributed by atoms with Crippen molar-refractivity contribution in [3.8, 4) is 0 Å². The number of hydrogen-bond donors (Lipinski definition) is 1. The third-order valence-electron chi connectivity index (χ3n) is 4.19. The molecule has 1 aromatic heterocycles. The molecule has 8 heteroatoms. The molecule has 26 heavy (non-hydrogen) atoms. The van der Waals surface area contributed by atoms with Gasteiger partial charge >= 0.3 is 0 Å². The highest BCUT2D eigenvalue weighted by Gasteiger charge is 2.26. The molecule has 0 radical (unpaired) electrons. The summed E-state index contributed by atoms with van der Waals surface area (Å²) in [5.41, 5.74) is 0. The van der Waals surface area contributed by atoms with Crippen LogP contribution in [0.3, 0.4) is 0 Å².